The van der Waals surface area contributed by atoms with Gasteiger partial charge < -0.3 is 5.32 Å². The maximum Gasteiger partial charge on any atom is 0.350 e. The Bertz CT molecular complexity index is 1590. The molecule has 0 spiro atoms. The monoisotopic (exact) mass is 454 g/mol. The third kappa shape index (κ3) is 3.87. The van der Waals surface area contributed by atoms with Crippen LogP contribution in [0.1, 0.15) is 36.5 Å². The summed E-state index contributed by atoms with van der Waals surface area (Å²) in [4.78, 5) is 25.6. The summed E-state index contributed by atoms with van der Waals surface area (Å²) in [5, 5.41) is 12.0. The zero-order valence-electron chi connectivity index (χ0n) is 19.6. The Morgan fingerprint density at radius 3 is 2.50 bits per heavy atom. The van der Waals surface area contributed by atoms with Gasteiger partial charge in [0.15, 0.2) is 5.65 Å². The van der Waals surface area contributed by atoms with Crippen molar-refractivity contribution in [2.45, 2.75) is 40.2 Å². The topological polar surface area (TPSA) is 85.7 Å². The van der Waals surface area contributed by atoms with E-state index in [1.54, 1.807) is 16.9 Å². The molecular formula is C26H26N6O2. The number of nitrogens with one attached hydrogen (secondary N) is 1. The van der Waals surface area contributed by atoms with Crippen LogP contribution in [0.25, 0.3) is 22.4 Å². The van der Waals surface area contributed by atoms with E-state index in [2.05, 4.69) is 53.6 Å². The van der Waals surface area contributed by atoms with E-state index in [9.17, 15) is 9.59 Å². The smallest absolute Gasteiger partial charge is 0.324 e. The molecule has 2 aromatic carbocycles. The predicted molar refractivity (Wildman–Crippen MR) is 132 cm³/mol. The van der Waals surface area contributed by atoms with Crippen molar-refractivity contribution in [3.8, 4) is 11.3 Å². The Balaban J connectivity index is 1.47. The van der Waals surface area contributed by atoms with Crippen LogP contribution < -0.4 is 11.0 Å². The molecule has 0 radical (unpaired) electrons. The van der Waals surface area contributed by atoms with Gasteiger partial charge in [0.25, 0.3) is 0 Å². The van der Waals surface area contributed by atoms with E-state index in [1.807, 2.05) is 38.1 Å². The third-order valence-corrected chi connectivity index (χ3v) is 6.03. The van der Waals surface area contributed by atoms with E-state index >= 15 is 0 Å². The number of fused-ring (bicyclic) bond motifs is 3. The summed E-state index contributed by atoms with van der Waals surface area (Å²) in [6, 6.07) is 16.1. The molecule has 0 aliphatic heterocycles. The van der Waals surface area contributed by atoms with Crippen LogP contribution in [0.4, 0.5) is 5.69 Å². The summed E-state index contributed by atoms with van der Waals surface area (Å²) < 4.78 is 4.32. The number of aromatic nitrogens is 5. The molecule has 0 fully saturated rings. The molecule has 1 amide bonds. The largest absolute Gasteiger partial charge is 0.350 e. The van der Waals surface area contributed by atoms with Gasteiger partial charge in [-0.1, -0.05) is 50.2 Å². The predicted octanol–water partition coefficient (Wildman–Crippen LogP) is 4.19. The van der Waals surface area contributed by atoms with Gasteiger partial charge in [-0.25, -0.2) is 18.4 Å². The first-order chi connectivity index (χ1) is 16.3. The van der Waals surface area contributed by atoms with Crippen LogP contribution in [0.15, 0.2) is 65.7 Å². The molecular weight excluding hydrogens is 428 g/mol. The average molecular weight is 455 g/mol. The molecule has 172 valence electrons. The third-order valence-electron chi connectivity index (χ3n) is 6.03. The summed E-state index contributed by atoms with van der Waals surface area (Å²) >= 11 is 0. The molecule has 0 saturated heterocycles. The second kappa shape index (κ2) is 8.30. The van der Waals surface area contributed by atoms with E-state index in [4.69, 9.17) is 0 Å². The summed E-state index contributed by atoms with van der Waals surface area (Å²) in [5.74, 6) is 0.146. The van der Waals surface area contributed by atoms with Crippen molar-refractivity contribution in [2.75, 3.05) is 5.32 Å². The van der Waals surface area contributed by atoms with Crippen molar-refractivity contribution in [1.82, 2.24) is 23.8 Å². The van der Waals surface area contributed by atoms with E-state index in [1.165, 1.54) is 14.6 Å². The zero-order chi connectivity index (χ0) is 24.0. The number of benzene rings is 2. The Morgan fingerprint density at radius 2 is 1.76 bits per heavy atom. The lowest BCUT2D eigenvalue weighted by molar-refractivity contribution is -0.117. The van der Waals surface area contributed by atoms with Crippen molar-refractivity contribution in [2.24, 2.45) is 0 Å². The van der Waals surface area contributed by atoms with Crippen molar-refractivity contribution in [1.29, 1.82) is 0 Å². The zero-order valence-corrected chi connectivity index (χ0v) is 19.6. The first-order valence-corrected chi connectivity index (χ1v) is 11.2. The van der Waals surface area contributed by atoms with Crippen LogP contribution in [0.3, 0.4) is 0 Å². The van der Waals surface area contributed by atoms with Crippen LogP contribution in [0.2, 0.25) is 0 Å². The summed E-state index contributed by atoms with van der Waals surface area (Å²) in [6.07, 6.45) is 3.34. The number of nitrogens with zero attached hydrogens (tertiary/aromatic N) is 5. The number of anilines is 1. The van der Waals surface area contributed by atoms with E-state index in [0.717, 1.165) is 28.1 Å². The number of amides is 1. The van der Waals surface area contributed by atoms with E-state index in [0.29, 0.717) is 17.1 Å². The molecule has 0 unspecified atom stereocenters. The second-order valence-corrected chi connectivity index (χ2v) is 8.93. The van der Waals surface area contributed by atoms with Crippen LogP contribution in [0, 0.1) is 13.8 Å². The highest BCUT2D eigenvalue weighted by Crippen LogP contribution is 2.24. The lowest BCUT2D eigenvalue weighted by atomic mass is 10.0. The summed E-state index contributed by atoms with van der Waals surface area (Å²) in [6.45, 7) is 8.03. The number of hydrogen-bond donors (Lipinski definition) is 1. The summed E-state index contributed by atoms with van der Waals surface area (Å²) in [7, 11) is 0. The number of carbonyl (C=O) groups is 1. The van der Waals surface area contributed by atoms with Crippen LogP contribution in [-0.4, -0.2) is 29.7 Å². The van der Waals surface area contributed by atoms with Gasteiger partial charge in [0, 0.05) is 23.6 Å². The molecule has 8 heteroatoms. The summed E-state index contributed by atoms with van der Waals surface area (Å²) in [5.41, 5.74) is 6.53. The molecule has 0 bridgehead atoms. The Labute approximate surface area is 196 Å². The molecule has 5 rings (SSSR count). The van der Waals surface area contributed by atoms with Gasteiger partial charge in [-0.05, 0) is 48.6 Å². The van der Waals surface area contributed by atoms with Crippen molar-refractivity contribution < 1.29 is 4.79 Å². The molecule has 0 aliphatic rings. The fraction of sp³-hybridized carbons (Fsp3) is 0.231. The fourth-order valence-corrected chi connectivity index (χ4v) is 4.01. The normalized spacial score (nSPS) is 11.6. The number of rotatable bonds is 5. The van der Waals surface area contributed by atoms with Crippen molar-refractivity contribution in [3.05, 3.63) is 88.1 Å². The van der Waals surface area contributed by atoms with Gasteiger partial charge in [-0.2, -0.15) is 5.10 Å². The molecule has 3 heterocycles. The van der Waals surface area contributed by atoms with Crippen LogP contribution >= 0.6 is 0 Å². The van der Waals surface area contributed by atoms with Crippen LogP contribution in [0.5, 0.6) is 0 Å². The Morgan fingerprint density at radius 1 is 1.00 bits per heavy atom. The molecule has 34 heavy (non-hydrogen) atoms. The van der Waals surface area contributed by atoms with E-state index < -0.39 is 0 Å². The average Bonchev–Trinajstić information content (AvgIpc) is 3.38. The van der Waals surface area contributed by atoms with Gasteiger partial charge >= 0.3 is 5.69 Å². The van der Waals surface area contributed by atoms with Gasteiger partial charge in [0.05, 0.1) is 5.69 Å². The Hall–Kier alpha value is -4.20. The van der Waals surface area contributed by atoms with Crippen molar-refractivity contribution >= 4 is 22.8 Å². The molecule has 8 nitrogen and oxygen atoms in total. The maximum absolute atomic E-state index is 12.9. The Kier molecular flexibility index (Phi) is 5.28. The molecule has 3 aromatic heterocycles. The second-order valence-electron chi connectivity index (χ2n) is 8.93. The highest BCUT2D eigenvalue weighted by molar-refractivity contribution is 5.91. The first kappa shape index (κ1) is 21.6. The van der Waals surface area contributed by atoms with E-state index in [-0.39, 0.29) is 18.1 Å². The van der Waals surface area contributed by atoms with Gasteiger partial charge in [-0.3, -0.25) is 4.79 Å². The number of carbonyl (C=O) groups excluding carboxylic acids is 1. The highest BCUT2D eigenvalue weighted by Gasteiger charge is 2.16. The maximum atomic E-state index is 12.9. The number of hydrogen-bond acceptors (Lipinski definition) is 4. The lowest BCUT2D eigenvalue weighted by Crippen LogP contribution is -2.28. The fourth-order valence-electron chi connectivity index (χ4n) is 4.01. The quantitative estimate of drug-likeness (QED) is 0.432. The molecule has 1 N–H and O–H groups in total. The first-order valence-electron chi connectivity index (χ1n) is 11.2. The molecule has 5 aromatic rings. The SMILES string of the molecule is Cc1ccc(C)c(NC(=O)Cn2nc3c4cc(-c5ccc(C(C)C)cc5)nn4ccn3c2=O)c1. The minimum Gasteiger partial charge on any atom is -0.324 e. The van der Waals surface area contributed by atoms with Gasteiger partial charge in [-0.15, -0.1) is 5.10 Å². The standard InChI is InChI=1S/C26H26N6O2/c1-16(2)19-7-9-20(10-8-19)22-14-23-25-29-32(26(34)30(25)11-12-31(23)28-22)15-24(33)27-21-13-17(3)5-6-18(21)4/h5-14,16H,15H2,1-4H3,(H,27,33). The molecule has 0 aliphatic carbocycles. The van der Waals surface area contributed by atoms with Crippen LogP contribution in [-0.2, 0) is 11.3 Å². The van der Waals surface area contributed by atoms with Crippen molar-refractivity contribution in [3.63, 3.8) is 0 Å². The minimum atomic E-state index is -0.377. The molecule has 0 atom stereocenters. The molecule has 0 saturated carbocycles. The highest BCUT2D eigenvalue weighted by atomic mass is 16.2. The van der Waals surface area contributed by atoms with Gasteiger partial charge in [0.2, 0.25) is 5.91 Å². The minimum absolute atomic E-state index is 0.183. The lowest BCUT2D eigenvalue weighted by Gasteiger charge is -2.08. The number of aryl methyl sites for hydroxylation is 2. The van der Waals surface area contributed by atoms with Gasteiger partial charge in [0.1, 0.15) is 12.1 Å².